The van der Waals surface area contributed by atoms with Crippen LogP contribution in [-0.2, 0) is 17.1 Å². The van der Waals surface area contributed by atoms with Crippen molar-refractivity contribution in [1.82, 2.24) is 19.1 Å². The summed E-state index contributed by atoms with van der Waals surface area (Å²) in [6.07, 6.45) is 6.47. The lowest BCUT2D eigenvalue weighted by Crippen LogP contribution is -2.35. The van der Waals surface area contributed by atoms with Gasteiger partial charge in [-0.15, -0.1) is 11.3 Å². The molecular weight excluding hydrogens is 320 g/mol. The number of sulfonamides is 1. The molecule has 0 aliphatic carbocycles. The van der Waals surface area contributed by atoms with Crippen molar-refractivity contribution in [2.75, 3.05) is 13.1 Å². The molecular formula is C14H18N4O2S2. The fourth-order valence-corrected chi connectivity index (χ4v) is 5.64. The Morgan fingerprint density at radius 2 is 2.09 bits per heavy atom. The summed E-state index contributed by atoms with van der Waals surface area (Å²) in [5.74, 6) is 0. The van der Waals surface area contributed by atoms with Crippen LogP contribution in [0.15, 0.2) is 22.7 Å². The molecule has 0 saturated carbocycles. The van der Waals surface area contributed by atoms with Gasteiger partial charge in [0.15, 0.2) is 4.21 Å². The summed E-state index contributed by atoms with van der Waals surface area (Å²) >= 11 is 1.24. The van der Waals surface area contributed by atoms with Crippen molar-refractivity contribution >= 4 is 26.9 Å². The fraction of sp³-hybridized carbons (Fsp3) is 0.429. The van der Waals surface area contributed by atoms with E-state index in [0.717, 1.165) is 16.1 Å². The van der Waals surface area contributed by atoms with E-state index in [9.17, 15) is 8.42 Å². The van der Waals surface area contributed by atoms with E-state index in [0.29, 0.717) is 29.4 Å². The second-order valence-corrected chi connectivity index (χ2v) is 8.70. The SMILES string of the molecule is Cc1nc(C)c(S(=O)(=O)N2CCC=C(c3cnn(C)c3)C2)s1. The standard InChI is InChI=1S/C14H18N4O2S2/c1-10-14(21-11(2)16-10)22(19,20)18-6-4-5-12(9-18)13-7-15-17(3)8-13/h5,7-8H,4,6,9H2,1-3H3. The minimum absolute atomic E-state index is 0.359. The van der Waals surface area contributed by atoms with E-state index in [1.807, 2.05) is 20.2 Å². The van der Waals surface area contributed by atoms with Crippen LogP contribution in [0.5, 0.6) is 0 Å². The maximum Gasteiger partial charge on any atom is 0.254 e. The van der Waals surface area contributed by atoms with Crippen molar-refractivity contribution in [2.24, 2.45) is 7.05 Å². The molecule has 0 saturated heterocycles. The minimum Gasteiger partial charge on any atom is -0.275 e. The lowest BCUT2D eigenvalue weighted by molar-refractivity contribution is 0.444. The zero-order valence-electron chi connectivity index (χ0n) is 12.8. The van der Waals surface area contributed by atoms with Crippen LogP contribution >= 0.6 is 11.3 Å². The number of hydrogen-bond acceptors (Lipinski definition) is 5. The van der Waals surface area contributed by atoms with Gasteiger partial charge in [0.1, 0.15) is 0 Å². The smallest absolute Gasteiger partial charge is 0.254 e. The number of nitrogens with zero attached hydrogens (tertiary/aromatic N) is 4. The molecule has 6 nitrogen and oxygen atoms in total. The highest BCUT2D eigenvalue weighted by Gasteiger charge is 2.30. The van der Waals surface area contributed by atoms with Gasteiger partial charge in [-0.05, 0) is 25.8 Å². The number of aryl methyl sites for hydroxylation is 3. The molecule has 22 heavy (non-hydrogen) atoms. The normalized spacial score (nSPS) is 16.8. The van der Waals surface area contributed by atoms with Crippen molar-refractivity contribution in [2.45, 2.75) is 24.5 Å². The van der Waals surface area contributed by atoms with Crippen molar-refractivity contribution in [3.63, 3.8) is 0 Å². The lowest BCUT2D eigenvalue weighted by atomic mass is 10.1. The lowest BCUT2D eigenvalue weighted by Gasteiger charge is -2.25. The number of thiazole rings is 1. The largest absolute Gasteiger partial charge is 0.275 e. The van der Waals surface area contributed by atoms with Gasteiger partial charge < -0.3 is 0 Å². The van der Waals surface area contributed by atoms with Crippen LogP contribution in [0.2, 0.25) is 0 Å². The van der Waals surface area contributed by atoms with Gasteiger partial charge >= 0.3 is 0 Å². The molecule has 0 radical (unpaired) electrons. The highest BCUT2D eigenvalue weighted by Crippen LogP contribution is 2.30. The van der Waals surface area contributed by atoms with Gasteiger partial charge in [-0.2, -0.15) is 9.40 Å². The summed E-state index contributed by atoms with van der Waals surface area (Å²) in [7, 11) is -1.63. The monoisotopic (exact) mass is 338 g/mol. The van der Waals surface area contributed by atoms with E-state index in [2.05, 4.69) is 16.2 Å². The van der Waals surface area contributed by atoms with Gasteiger partial charge in [0.25, 0.3) is 10.0 Å². The zero-order valence-corrected chi connectivity index (χ0v) is 14.4. The molecule has 0 atom stereocenters. The molecule has 8 heteroatoms. The Hall–Kier alpha value is -1.51. The van der Waals surface area contributed by atoms with E-state index < -0.39 is 10.0 Å². The molecule has 1 aliphatic heterocycles. The first-order valence-electron chi connectivity index (χ1n) is 7.00. The van der Waals surface area contributed by atoms with Crippen LogP contribution in [0.1, 0.15) is 22.7 Å². The summed E-state index contributed by atoms with van der Waals surface area (Å²) in [6.45, 7) is 4.46. The summed E-state index contributed by atoms with van der Waals surface area (Å²) in [5.41, 5.74) is 2.56. The Morgan fingerprint density at radius 3 is 2.68 bits per heavy atom. The van der Waals surface area contributed by atoms with Gasteiger partial charge in [-0.25, -0.2) is 13.4 Å². The minimum atomic E-state index is -3.48. The molecule has 2 aromatic rings. The maximum atomic E-state index is 12.9. The molecule has 1 aliphatic rings. The maximum absolute atomic E-state index is 12.9. The second kappa shape index (κ2) is 5.60. The predicted molar refractivity (Wildman–Crippen MR) is 86.1 cm³/mol. The summed E-state index contributed by atoms with van der Waals surface area (Å²) < 4.78 is 29.3. The molecule has 0 fully saturated rings. The summed E-state index contributed by atoms with van der Waals surface area (Å²) in [4.78, 5) is 4.24. The van der Waals surface area contributed by atoms with Crippen molar-refractivity contribution in [1.29, 1.82) is 0 Å². The van der Waals surface area contributed by atoms with E-state index in [1.54, 1.807) is 17.8 Å². The molecule has 0 amide bonds. The molecule has 2 aromatic heterocycles. The number of rotatable bonds is 3. The third-order valence-corrected chi connectivity index (χ3v) is 7.13. The Bertz CT molecular complexity index is 833. The highest BCUT2D eigenvalue weighted by atomic mass is 32.2. The van der Waals surface area contributed by atoms with Gasteiger partial charge in [0.05, 0.1) is 16.9 Å². The van der Waals surface area contributed by atoms with E-state index in [1.165, 1.54) is 15.6 Å². The van der Waals surface area contributed by atoms with E-state index in [4.69, 9.17) is 0 Å². The van der Waals surface area contributed by atoms with E-state index in [-0.39, 0.29) is 0 Å². The van der Waals surface area contributed by atoms with E-state index >= 15 is 0 Å². The first kappa shape index (κ1) is 15.4. The zero-order chi connectivity index (χ0) is 15.9. The average Bonchev–Trinajstić information content (AvgIpc) is 3.05. The molecule has 0 unspecified atom stereocenters. The predicted octanol–water partition coefficient (Wildman–Crippen LogP) is 1.97. The molecule has 0 bridgehead atoms. The number of aromatic nitrogens is 3. The van der Waals surface area contributed by atoms with Crippen LogP contribution in [0.25, 0.3) is 5.57 Å². The summed E-state index contributed by atoms with van der Waals surface area (Å²) in [5, 5.41) is 4.93. The van der Waals surface area contributed by atoms with Crippen molar-refractivity contribution in [3.8, 4) is 0 Å². The third-order valence-electron chi connectivity index (χ3n) is 3.63. The van der Waals surface area contributed by atoms with Crippen molar-refractivity contribution in [3.05, 3.63) is 34.7 Å². The Kier molecular flexibility index (Phi) is 3.92. The fourth-order valence-electron chi connectivity index (χ4n) is 2.59. The van der Waals surface area contributed by atoms with Crippen LogP contribution in [0, 0.1) is 13.8 Å². The van der Waals surface area contributed by atoms with Crippen LogP contribution in [0.3, 0.4) is 0 Å². The molecule has 0 spiro atoms. The first-order valence-corrected chi connectivity index (χ1v) is 9.26. The molecule has 3 rings (SSSR count). The number of hydrogen-bond donors (Lipinski definition) is 0. The average molecular weight is 338 g/mol. The topological polar surface area (TPSA) is 68.1 Å². The first-order chi connectivity index (χ1) is 10.4. The summed E-state index contributed by atoms with van der Waals surface area (Å²) in [6, 6.07) is 0. The van der Waals surface area contributed by atoms with Crippen LogP contribution in [0.4, 0.5) is 0 Å². The Labute approximate surface area is 134 Å². The quantitative estimate of drug-likeness (QED) is 0.858. The van der Waals surface area contributed by atoms with Gasteiger partial charge in [0, 0.05) is 31.9 Å². The molecule has 3 heterocycles. The second-order valence-electron chi connectivity index (χ2n) is 5.37. The van der Waals surface area contributed by atoms with Crippen LogP contribution in [-0.4, -0.2) is 40.6 Å². The molecule has 118 valence electrons. The Morgan fingerprint density at radius 1 is 1.32 bits per heavy atom. The third kappa shape index (κ3) is 2.73. The Balaban J connectivity index is 1.90. The van der Waals surface area contributed by atoms with Gasteiger partial charge in [-0.1, -0.05) is 6.08 Å². The molecule has 0 aromatic carbocycles. The highest BCUT2D eigenvalue weighted by molar-refractivity contribution is 7.91. The van der Waals surface area contributed by atoms with Gasteiger partial charge in [0.2, 0.25) is 0 Å². The molecule has 0 N–H and O–H groups in total. The van der Waals surface area contributed by atoms with Crippen LogP contribution < -0.4 is 0 Å². The van der Waals surface area contributed by atoms with Crippen molar-refractivity contribution < 1.29 is 8.42 Å². The van der Waals surface area contributed by atoms with Gasteiger partial charge in [-0.3, -0.25) is 4.68 Å².